The Labute approximate surface area is 92.7 Å². The lowest BCUT2D eigenvalue weighted by Gasteiger charge is -2.32. The predicted molar refractivity (Wildman–Crippen MR) is 47.2 cm³/mol. The highest BCUT2D eigenvalue weighted by atomic mass is 19.4. The minimum atomic E-state index is -5.83. The molecule has 17 heavy (non-hydrogen) atoms. The summed E-state index contributed by atoms with van der Waals surface area (Å²) in [5.41, 5.74) is -5.89. The molecule has 0 amide bonds. The Morgan fingerprint density at radius 2 is 1.41 bits per heavy atom. The highest BCUT2D eigenvalue weighted by Crippen LogP contribution is 2.49. The van der Waals surface area contributed by atoms with Gasteiger partial charge in [0.25, 0.3) is 5.60 Å². The summed E-state index contributed by atoms with van der Waals surface area (Å²) in [6, 6.07) is 3.60. The van der Waals surface area contributed by atoms with Crippen LogP contribution in [0.5, 0.6) is 0 Å². The van der Waals surface area contributed by atoms with E-state index in [1.165, 1.54) is 13.0 Å². The smallest absolute Gasteiger partial charge is 0.369 e. The second kappa shape index (κ2) is 3.90. The van der Waals surface area contributed by atoms with Gasteiger partial charge >= 0.3 is 12.4 Å². The molecule has 0 heterocycles. The van der Waals surface area contributed by atoms with Crippen LogP contribution in [0.25, 0.3) is 0 Å². The number of aliphatic hydroxyl groups is 1. The molecule has 1 rings (SSSR count). The van der Waals surface area contributed by atoms with Crippen molar-refractivity contribution in [1.82, 2.24) is 0 Å². The van der Waals surface area contributed by atoms with Crippen LogP contribution in [0.15, 0.2) is 24.3 Å². The van der Waals surface area contributed by atoms with Crippen molar-refractivity contribution >= 4 is 0 Å². The van der Waals surface area contributed by atoms with Gasteiger partial charge in [-0.1, -0.05) is 29.8 Å². The van der Waals surface area contributed by atoms with Gasteiger partial charge in [-0.15, -0.1) is 0 Å². The minimum absolute atomic E-state index is 0.189. The third-order valence-corrected chi connectivity index (χ3v) is 2.26. The zero-order valence-corrected chi connectivity index (χ0v) is 8.52. The molecule has 0 fully saturated rings. The number of alkyl halides is 6. The van der Waals surface area contributed by atoms with Crippen LogP contribution in [0.4, 0.5) is 26.3 Å². The minimum Gasteiger partial charge on any atom is -0.369 e. The maximum absolute atomic E-state index is 12.4. The van der Waals surface area contributed by atoms with Crippen LogP contribution >= 0.6 is 0 Å². The highest BCUT2D eigenvalue weighted by molar-refractivity contribution is 5.30. The summed E-state index contributed by atoms with van der Waals surface area (Å²) in [7, 11) is 0. The van der Waals surface area contributed by atoms with Crippen LogP contribution in [0.1, 0.15) is 11.1 Å². The second-order valence-electron chi connectivity index (χ2n) is 3.58. The van der Waals surface area contributed by atoms with Gasteiger partial charge in [0.15, 0.2) is 0 Å². The first-order valence-electron chi connectivity index (χ1n) is 4.43. The van der Waals surface area contributed by atoms with Crippen molar-refractivity contribution in [3.63, 3.8) is 0 Å². The van der Waals surface area contributed by atoms with Gasteiger partial charge in [-0.05, 0) is 6.92 Å². The number of hydrogen-bond donors (Lipinski definition) is 1. The largest absolute Gasteiger partial charge is 0.430 e. The van der Waals surface area contributed by atoms with Crippen molar-refractivity contribution in [2.45, 2.75) is 24.9 Å². The van der Waals surface area contributed by atoms with E-state index in [9.17, 15) is 26.3 Å². The normalized spacial score (nSPS) is 13.9. The molecule has 1 aromatic carbocycles. The molecule has 0 saturated carbocycles. The standard InChI is InChI=1S/C10H8F6O/c1-6-3-2-4-7(5-6)8(17,9(11,12)13)10(14,15)16/h2-5,17H,1H3. The molecule has 0 unspecified atom stereocenters. The first-order chi connectivity index (χ1) is 7.50. The van der Waals surface area contributed by atoms with Gasteiger partial charge < -0.3 is 5.11 Å². The fourth-order valence-electron chi connectivity index (χ4n) is 1.36. The van der Waals surface area contributed by atoms with E-state index in [0.29, 0.717) is 12.1 Å². The molecular weight excluding hydrogens is 250 g/mol. The van der Waals surface area contributed by atoms with E-state index >= 15 is 0 Å². The predicted octanol–water partition coefficient (Wildman–Crippen LogP) is 3.31. The molecule has 0 spiro atoms. The monoisotopic (exact) mass is 258 g/mol. The molecule has 0 bridgehead atoms. The van der Waals surface area contributed by atoms with Gasteiger partial charge in [-0.2, -0.15) is 26.3 Å². The number of benzene rings is 1. The molecule has 1 N–H and O–H groups in total. The van der Waals surface area contributed by atoms with Gasteiger partial charge in [0, 0.05) is 5.56 Å². The molecule has 96 valence electrons. The molecule has 0 aliphatic rings. The Bertz CT molecular complexity index is 392. The zero-order valence-electron chi connectivity index (χ0n) is 8.52. The molecule has 0 aromatic heterocycles. The van der Waals surface area contributed by atoms with Gasteiger partial charge in [-0.3, -0.25) is 0 Å². The summed E-state index contributed by atoms with van der Waals surface area (Å²) in [6.07, 6.45) is -11.7. The molecule has 0 aliphatic heterocycles. The molecule has 0 aliphatic carbocycles. The number of aryl methyl sites for hydroxylation is 1. The highest BCUT2D eigenvalue weighted by Gasteiger charge is 2.71. The van der Waals surface area contributed by atoms with Crippen molar-refractivity contribution in [2.75, 3.05) is 0 Å². The molecule has 0 radical (unpaired) electrons. The van der Waals surface area contributed by atoms with Gasteiger partial charge in [0.2, 0.25) is 0 Å². The molecule has 7 heteroatoms. The average molecular weight is 258 g/mol. The van der Waals surface area contributed by atoms with E-state index in [2.05, 4.69) is 0 Å². The number of halogens is 6. The van der Waals surface area contributed by atoms with E-state index in [-0.39, 0.29) is 5.56 Å². The Hall–Kier alpha value is -1.24. The Kier molecular flexibility index (Phi) is 3.17. The van der Waals surface area contributed by atoms with E-state index in [1.807, 2.05) is 0 Å². The molecule has 1 nitrogen and oxygen atoms in total. The summed E-state index contributed by atoms with van der Waals surface area (Å²) in [5.74, 6) is 0. The first-order valence-corrected chi connectivity index (χ1v) is 4.43. The van der Waals surface area contributed by atoms with Crippen LogP contribution in [-0.4, -0.2) is 17.5 Å². The molecule has 0 saturated heterocycles. The van der Waals surface area contributed by atoms with Crippen LogP contribution in [0, 0.1) is 6.92 Å². The topological polar surface area (TPSA) is 20.2 Å². The summed E-state index contributed by atoms with van der Waals surface area (Å²) in [6.45, 7) is 1.33. The summed E-state index contributed by atoms with van der Waals surface area (Å²) < 4.78 is 74.7. The van der Waals surface area contributed by atoms with Crippen LogP contribution in [-0.2, 0) is 5.60 Å². The van der Waals surface area contributed by atoms with Crippen molar-refractivity contribution in [1.29, 1.82) is 0 Å². The van der Waals surface area contributed by atoms with Crippen molar-refractivity contribution in [3.8, 4) is 0 Å². The zero-order chi connectivity index (χ0) is 13.5. The Morgan fingerprint density at radius 3 is 1.76 bits per heavy atom. The Morgan fingerprint density at radius 1 is 0.941 bits per heavy atom. The summed E-state index contributed by atoms with van der Waals surface area (Å²) >= 11 is 0. The molecule has 1 aromatic rings. The Balaban J connectivity index is 3.46. The van der Waals surface area contributed by atoms with Gasteiger partial charge in [-0.25, -0.2) is 0 Å². The maximum Gasteiger partial charge on any atom is 0.430 e. The SMILES string of the molecule is Cc1cccc(C(O)(C(F)(F)F)C(F)(F)F)c1. The van der Waals surface area contributed by atoms with E-state index in [1.54, 1.807) is 0 Å². The second-order valence-corrected chi connectivity index (χ2v) is 3.58. The van der Waals surface area contributed by atoms with Crippen molar-refractivity contribution < 1.29 is 31.4 Å². The lowest BCUT2D eigenvalue weighted by molar-refractivity contribution is -0.376. The lowest BCUT2D eigenvalue weighted by Crippen LogP contribution is -2.53. The third-order valence-electron chi connectivity index (χ3n) is 2.26. The van der Waals surface area contributed by atoms with E-state index in [4.69, 9.17) is 5.11 Å². The summed E-state index contributed by atoms with van der Waals surface area (Å²) in [4.78, 5) is 0. The van der Waals surface area contributed by atoms with E-state index < -0.39 is 23.5 Å². The number of hydrogen-bond acceptors (Lipinski definition) is 1. The maximum atomic E-state index is 12.4. The van der Waals surface area contributed by atoms with Crippen LogP contribution in [0.3, 0.4) is 0 Å². The molecule has 0 atom stereocenters. The average Bonchev–Trinajstić information content (AvgIpc) is 2.12. The fourth-order valence-corrected chi connectivity index (χ4v) is 1.36. The fraction of sp³-hybridized carbons (Fsp3) is 0.400. The van der Waals surface area contributed by atoms with Crippen LogP contribution < -0.4 is 0 Å². The van der Waals surface area contributed by atoms with Gasteiger partial charge in [0.05, 0.1) is 0 Å². The van der Waals surface area contributed by atoms with E-state index in [0.717, 1.165) is 6.07 Å². The lowest BCUT2D eigenvalue weighted by atomic mass is 9.91. The van der Waals surface area contributed by atoms with Gasteiger partial charge in [0.1, 0.15) is 0 Å². The van der Waals surface area contributed by atoms with Crippen molar-refractivity contribution in [2.24, 2.45) is 0 Å². The quantitative estimate of drug-likeness (QED) is 0.766. The number of rotatable bonds is 1. The third kappa shape index (κ3) is 2.24. The summed E-state index contributed by atoms with van der Waals surface area (Å²) in [5, 5.41) is 9.03. The van der Waals surface area contributed by atoms with Crippen LogP contribution in [0.2, 0.25) is 0 Å². The first kappa shape index (κ1) is 13.8. The molecular formula is C10H8F6O. The van der Waals surface area contributed by atoms with Crippen molar-refractivity contribution in [3.05, 3.63) is 35.4 Å².